The van der Waals surface area contributed by atoms with Crippen LogP contribution in [-0.2, 0) is 16.0 Å². The van der Waals surface area contributed by atoms with Crippen molar-refractivity contribution >= 4 is 23.6 Å². The molecule has 158 valence electrons. The van der Waals surface area contributed by atoms with Gasteiger partial charge in [-0.25, -0.2) is 0 Å². The van der Waals surface area contributed by atoms with Gasteiger partial charge in [-0.1, -0.05) is 24.3 Å². The number of benzene rings is 2. The number of primary amides is 1. The van der Waals surface area contributed by atoms with Crippen molar-refractivity contribution in [3.05, 3.63) is 65.7 Å². The number of nitrogens with two attached hydrogens (primary N) is 1. The van der Waals surface area contributed by atoms with Crippen molar-refractivity contribution in [1.82, 2.24) is 4.90 Å². The van der Waals surface area contributed by atoms with Crippen molar-refractivity contribution in [2.24, 2.45) is 11.7 Å². The van der Waals surface area contributed by atoms with Crippen molar-refractivity contribution in [3.8, 4) is 5.75 Å². The molecule has 0 atom stereocenters. The molecule has 1 aliphatic heterocycles. The van der Waals surface area contributed by atoms with E-state index in [2.05, 4.69) is 10.2 Å². The van der Waals surface area contributed by atoms with Gasteiger partial charge in [-0.15, -0.1) is 0 Å². The molecule has 1 fully saturated rings. The zero-order valence-corrected chi connectivity index (χ0v) is 17.3. The van der Waals surface area contributed by atoms with E-state index in [1.807, 2.05) is 48.5 Å². The Labute approximate surface area is 177 Å². The van der Waals surface area contributed by atoms with Gasteiger partial charge in [-0.2, -0.15) is 0 Å². The fraction of sp³-hybridized carbons (Fsp3) is 0.333. The summed E-state index contributed by atoms with van der Waals surface area (Å²) >= 11 is 0. The summed E-state index contributed by atoms with van der Waals surface area (Å²) in [6.45, 7) is 2.79. The predicted octanol–water partition coefficient (Wildman–Crippen LogP) is 3.09. The van der Waals surface area contributed by atoms with Crippen molar-refractivity contribution in [2.75, 3.05) is 32.1 Å². The number of rotatable bonds is 8. The number of nitrogens with one attached hydrogen (secondary N) is 1. The van der Waals surface area contributed by atoms with Crippen LogP contribution in [0.2, 0.25) is 0 Å². The van der Waals surface area contributed by atoms with E-state index in [1.54, 1.807) is 13.2 Å². The molecule has 0 aromatic heterocycles. The highest BCUT2D eigenvalue weighted by Crippen LogP contribution is 2.18. The third-order valence-corrected chi connectivity index (χ3v) is 5.45. The van der Waals surface area contributed by atoms with Crippen molar-refractivity contribution < 1.29 is 14.3 Å². The highest BCUT2D eigenvalue weighted by atomic mass is 16.5. The van der Waals surface area contributed by atoms with Crippen LogP contribution in [0, 0.1) is 5.92 Å². The minimum Gasteiger partial charge on any atom is -0.497 e. The first-order valence-electron chi connectivity index (χ1n) is 10.3. The summed E-state index contributed by atoms with van der Waals surface area (Å²) in [5.41, 5.74) is 8.28. The van der Waals surface area contributed by atoms with E-state index in [0.717, 1.165) is 55.9 Å². The smallest absolute Gasteiger partial charge is 0.248 e. The van der Waals surface area contributed by atoms with E-state index in [4.69, 9.17) is 10.5 Å². The Morgan fingerprint density at radius 1 is 1.17 bits per heavy atom. The summed E-state index contributed by atoms with van der Waals surface area (Å²) in [5.74, 6) is 0.431. The van der Waals surface area contributed by atoms with E-state index in [9.17, 15) is 9.59 Å². The number of nitrogens with zero attached hydrogens (tertiary/aromatic N) is 1. The van der Waals surface area contributed by atoms with Gasteiger partial charge < -0.3 is 20.7 Å². The Balaban J connectivity index is 1.44. The molecule has 2 amide bonds. The molecule has 6 heteroatoms. The van der Waals surface area contributed by atoms with Crippen LogP contribution in [-0.4, -0.2) is 43.5 Å². The molecule has 1 aliphatic rings. The molecule has 30 heavy (non-hydrogen) atoms. The van der Waals surface area contributed by atoms with Crippen LogP contribution in [0.15, 0.2) is 54.6 Å². The Bertz CT molecular complexity index is 885. The van der Waals surface area contributed by atoms with Crippen molar-refractivity contribution in [1.29, 1.82) is 0 Å². The highest BCUT2D eigenvalue weighted by Gasteiger charge is 2.22. The Hall–Kier alpha value is -3.12. The molecule has 1 heterocycles. The molecule has 0 bridgehead atoms. The third kappa shape index (κ3) is 6.46. The topological polar surface area (TPSA) is 84.7 Å². The van der Waals surface area contributed by atoms with Gasteiger partial charge >= 0.3 is 0 Å². The predicted molar refractivity (Wildman–Crippen MR) is 119 cm³/mol. The summed E-state index contributed by atoms with van der Waals surface area (Å²) < 4.78 is 5.19. The highest BCUT2D eigenvalue weighted by molar-refractivity contribution is 6.01. The Morgan fingerprint density at radius 2 is 1.90 bits per heavy atom. The molecule has 2 aromatic carbocycles. The van der Waals surface area contributed by atoms with Crippen molar-refractivity contribution in [3.63, 3.8) is 0 Å². The second-order valence-electron chi connectivity index (χ2n) is 7.56. The number of anilines is 1. The molecular formula is C24H29N3O3. The van der Waals surface area contributed by atoms with Crippen LogP contribution < -0.4 is 15.8 Å². The maximum atomic E-state index is 12.2. The fourth-order valence-electron chi connectivity index (χ4n) is 3.58. The number of hydrogen-bond donors (Lipinski definition) is 2. The lowest BCUT2D eigenvalue weighted by Gasteiger charge is -2.30. The average molecular weight is 408 g/mol. The van der Waals surface area contributed by atoms with Crippen LogP contribution in [0.25, 0.3) is 6.08 Å². The minimum absolute atomic E-state index is 0.0297. The zero-order valence-electron chi connectivity index (χ0n) is 17.3. The van der Waals surface area contributed by atoms with Gasteiger partial charge in [0.15, 0.2) is 0 Å². The van der Waals surface area contributed by atoms with Crippen LogP contribution in [0.1, 0.15) is 24.0 Å². The quantitative estimate of drug-likeness (QED) is 0.659. The maximum Gasteiger partial charge on any atom is 0.248 e. The molecule has 0 unspecified atom stereocenters. The van der Waals surface area contributed by atoms with Crippen LogP contribution in [0.4, 0.5) is 5.69 Å². The molecule has 2 aromatic rings. The summed E-state index contributed by atoms with van der Waals surface area (Å²) in [5, 5.41) is 2.88. The molecule has 6 nitrogen and oxygen atoms in total. The average Bonchev–Trinajstić information content (AvgIpc) is 2.77. The molecule has 0 spiro atoms. The first kappa shape index (κ1) is 21.6. The molecule has 3 rings (SSSR count). The number of piperidine rings is 1. The Morgan fingerprint density at radius 3 is 2.57 bits per heavy atom. The van der Waals surface area contributed by atoms with Gasteiger partial charge in [0.05, 0.1) is 7.11 Å². The number of amides is 2. The fourth-order valence-corrected chi connectivity index (χ4v) is 3.58. The van der Waals surface area contributed by atoms with Crippen LogP contribution in [0.3, 0.4) is 0 Å². The van der Waals surface area contributed by atoms with Gasteiger partial charge in [-0.05, 0) is 73.8 Å². The van der Waals surface area contributed by atoms with E-state index < -0.39 is 0 Å². The second-order valence-corrected chi connectivity index (χ2v) is 7.56. The van der Waals surface area contributed by atoms with Crippen LogP contribution >= 0.6 is 0 Å². The van der Waals surface area contributed by atoms with Gasteiger partial charge in [0.2, 0.25) is 11.8 Å². The molecule has 0 aliphatic carbocycles. The summed E-state index contributed by atoms with van der Waals surface area (Å²) in [7, 11) is 1.62. The van der Waals surface area contributed by atoms with Gasteiger partial charge in [0.25, 0.3) is 0 Å². The van der Waals surface area contributed by atoms with E-state index >= 15 is 0 Å². The maximum absolute atomic E-state index is 12.2. The molecule has 1 saturated heterocycles. The van der Waals surface area contributed by atoms with E-state index in [1.165, 1.54) is 11.6 Å². The molecule has 0 radical (unpaired) electrons. The molecule has 0 saturated carbocycles. The van der Waals surface area contributed by atoms with Gasteiger partial charge in [0, 0.05) is 24.2 Å². The van der Waals surface area contributed by atoms with E-state index in [0.29, 0.717) is 0 Å². The third-order valence-electron chi connectivity index (χ3n) is 5.45. The summed E-state index contributed by atoms with van der Waals surface area (Å²) in [4.78, 5) is 25.8. The van der Waals surface area contributed by atoms with Crippen molar-refractivity contribution in [2.45, 2.75) is 19.3 Å². The number of carbonyl (C=O) groups excluding carboxylic acids is 2. The number of ether oxygens (including phenoxy) is 1. The lowest BCUT2D eigenvalue weighted by Crippen LogP contribution is -2.39. The lowest BCUT2D eigenvalue weighted by molar-refractivity contribution is -0.123. The van der Waals surface area contributed by atoms with Crippen LogP contribution in [0.5, 0.6) is 5.75 Å². The normalized spacial score (nSPS) is 15.2. The zero-order chi connectivity index (χ0) is 21.3. The van der Waals surface area contributed by atoms with E-state index in [-0.39, 0.29) is 17.7 Å². The monoisotopic (exact) mass is 407 g/mol. The molecule has 3 N–H and O–H groups in total. The first-order chi connectivity index (χ1) is 14.5. The van der Waals surface area contributed by atoms with Gasteiger partial charge in [0.1, 0.15) is 5.75 Å². The SMILES string of the molecule is COc1cccc(/C=C/C(=O)Nc2ccc(CCN3CCC(C(N)=O)CC3)cc2)c1. The summed E-state index contributed by atoms with van der Waals surface area (Å²) in [6, 6.07) is 15.5. The lowest BCUT2D eigenvalue weighted by atomic mass is 9.96. The van der Waals surface area contributed by atoms with Gasteiger partial charge in [-0.3, -0.25) is 9.59 Å². The minimum atomic E-state index is -0.178. The number of hydrogen-bond acceptors (Lipinski definition) is 4. The number of methoxy groups -OCH3 is 1. The Kier molecular flexibility index (Phi) is 7.63. The number of carbonyl (C=O) groups is 2. The number of likely N-dealkylation sites (tertiary alicyclic amines) is 1. The summed E-state index contributed by atoms with van der Waals surface area (Å²) in [6.07, 6.45) is 5.91. The standard InChI is InChI=1S/C24H29N3O3/c1-30-22-4-2-3-19(17-22)7-10-23(28)26-21-8-5-18(6-9-21)11-14-27-15-12-20(13-16-27)24(25)29/h2-10,17,20H,11-16H2,1H3,(H2,25,29)(H,26,28)/b10-7+. The largest absolute Gasteiger partial charge is 0.497 e. The second kappa shape index (κ2) is 10.6. The first-order valence-corrected chi connectivity index (χ1v) is 10.3. The molecular weight excluding hydrogens is 378 g/mol.